The largest absolute Gasteiger partial charge is 0.295 e. The number of hydrogen-bond acceptors (Lipinski definition) is 3. The van der Waals surface area contributed by atoms with Gasteiger partial charge in [-0.2, -0.15) is 0 Å². The Hall–Kier alpha value is -1.39. The van der Waals surface area contributed by atoms with Crippen molar-refractivity contribution in [2.24, 2.45) is 0 Å². The molecule has 1 aromatic rings. The number of nitrogens with one attached hydrogen (secondary N) is 1. The molecule has 0 saturated carbocycles. The summed E-state index contributed by atoms with van der Waals surface area (Å²) in [6, 6.07) is 7.13. The number of piperazine rings is 1. The van der Waals surface area contributed by atoms with Crippen molar-refractivity contribution >= 4 is 23.4 Å². The Morgan fingerprint density at radius 3 is 2.50 bits per heavy atom. The standard InChI is InChI=1S/C13H15ClN2O2/c1-13(2)12(18)16(11(17)7-15-13)8-9-3-5-10(14)6-4-9/h3-6,15H,7-8H2,1-2H3. The number of amides is 2. The van der Waals surface area contributed by atoms with Crippen molar-refractivity contribution in [3.8, 4) is 0 Å². The average Bonchev–Trinajstić information content (AvgIpc) is 2.33. The van der Waals surface area contributed by atoms with Gasteiger partial charge in [0.05, 0.1) is 18.6 Å². The van der Waals surface area contributed by atoms with Crippen LogP contribution in [0, 0.1) is 0 Å². The van der Waals surface area contributed by atoms with E-state index in [1.165, 1.54) is 4.90 Å². The molecular weight excluding hydrogens is 252 g/mol. The van der Waals surface area contributed by atoms with Gasteiger partial charge in [-0.15, -0.1) is 0 Å². The Bertz CT molecular complexity index is 482. The van der Waals surface area contributed by atoms with E-state index in [-0.39, 0.29) is 18.4 Å². The Balaban J connectivity index is 2.18. The molecule has 5 heteroatoms. The van der Waals surface area contributed by atoms with Gasteiger partial charge in [-0.1, -0.05) is 23.7 Å². The second-order valence-electron chi connectivity index (χ2n) is 4.89. The van der Waals surface area contributed by atoms with Gasteiger partial charge in [0.1, 0.15) is 0 Å². The van der Waals surface area contributed by atoms with Gasteiger partial charge >= 0.3 is 0 Å². The SMILES string of the molecule is CC1(C)NCC(=O)N(Cc2ccc(Cl)cc2)C1=O. The van der Waals surface area contributed by atoms with Gasteiger partial charge in [0.15, 0.2) is 0 Å². The van der Waals surface area contributed by atoms with Crippen LogP contribution < -0.4 is 5.32 Å². The first-order valence-corrected chi connectivity index (χ1v) is 6.12. The first-order valence-electron chi connectivity index (χ1n) is 5.74. The van der Waals surface area contributed by atoms with Crippen LogP contribution >= 0.6 is 11.6 Å². The van der Waals surface area contributed by atoms with E-state index in [1.807, 2.05) is 12.1 Å². The fourth-order valence-corrected chi connectivity index (χ4v) is 1.98. The lowest BCUT2D eigenvalue weighted by Gasteiger charge is -2.36. The highest BCUT2D eigenvalue weighted by molar-refractivity contribution is 6.30. The van der Waals surface area contributed by atoms with E-state index < -0.39 is 5.54 Å². The van der Waals surface area contributed by atoms with Crippen LogP contribution in [-0.2, 0) is 16.1 Å². The van der Waals surface area contributed by atoms with Gasteiger partial charge in [0.25, 0.3) is 0 Å². The van der Waals surface area contributed by atoms with Gasteiger partial charge in [0.2, 0.25) is 11.8 Å². The molecule has 18 heavy (non-hydrogen) atoms. The molecule has 0 unspecified atom stereocenters. The lowest BCUT2D eigenvalue weighted by atomic mass is 10.00. The van der Waals surface area contributed by atoms with E-state index in [4.69, 9.17) is 11.6 Å². The molecule has 0 spiro atoms. The van der Waals surface area contributed by atoms with E-state index in [0.29, 0.717) is 11.6 Å². The fourth-order valence-electron chi connectivity index (χ4n) is 1.85. The Kier molecular flexibility index (Phi) is 3.41. The molecule has 2 rings (SSSR count). The maximum atomic E-state index is 12.1. The highest BCUT2D eigenvalue weighted by atomic mass is 35.5. The van der Waals surface area contributed by atoms with Crippen molar-refractivity contribution in [3.05, 3.63) is 34.9 Å². The number of benzene rings is 1. The van der Waals surface area contributed by atoms with Crippen molar-refractivity contribution in [2.75, 3.05) is 6.54 Å². The minimum Gasteiger partial charge on any atom is -0.295 e. The molecule has 1 aliphatic rings. The van der Waals surface area contributed by atoms with E-state index in [2.05, 4.69) is 5.32 Å². The van der Waals surface area contributed by atoms with E-state index in [9.17, 15) is 9.59 Å². The van der Waals surface area contributed by atoms with Crippen LogP contribution in [0.1, 0.15) is 19.4 Å². The average molecular weight is 267 g/mol. The number of carbonyl (C=O) groups excluding carboxylic acids is 2. The van der Waals surface area contributed by atoms with Crippen LogP contribution in [0.3, 0.4) is 0 Å². The maximum Gasteiger partial charge on any atom is 0.249 e. The van der Waals surface area contributed by atoms with Crippen LogP contribution in [0.2, 0.25) is 5.02 Å². The summed E-state index contributed by atoms with van der Waals surface area (Å²) < 4.78 is 0. The smallest absolute Gasteiger partial charge is 0.249 e. The monoisotopic (exact) mass is 266 g/mol. The summed E-state index contributed by atoms with van der Waals surface area (Å²) in [5.41, 5.74) is 0.194. The molecule has 1 heterocycles. The summed E-state index contributed by atoms with van der Waals surface area (Å²) >= 11 is 5.80. The molecule has 1 aliphatic heterocycles. The molecule has 2 amide bonds. The number of carbonyl (C=O) groups is 2. The maximum absolute atomic E-state index is 12.1. The first-order chi connectivity index (χ1) is 8.40. The third-order valence-corrected chi connectivity index (χ3v) is 3.27. The summed E-state index contributed by atoms with van der Waals surface area (Å²) in [7, 11) is 0. The third kappa shape index (κ3) is 2.54. The summed E-state index contributed by atoms with van der Waals surface area (Å²) in [6.45, 7) is 4.03. The topological polar surface area (TPSA) is 49.4 Å². The van der Waals surface area contributed by atoms with E-state index in [0.717, 1.165) is 5.56 Å². The van der Waals surface area contributed by atoms with E-state index in [1.54, 1.807) is 26.0 Å². The number of hydrogen-bond donors (Lipinski definition) is 1. The minimum atomic E-state index is -0.694. The predicted molar refractivity (Wildman–Crippen MR) is 69.1 cm³/mol. The molecule has 0 radical (unpaired) electrons. The first kappa shape index (κ1) is 13.1. The van der Waals surface area contributed by atoms with Crippen LogP contribution in [0.15, 0.2) is 24.3 Å². The third-order valence-electron chi connectivity index (χ3n) is 3.02. The van der Waals surface area contributed by atoms with Crippen LogP contribution in [-0.4, -0.2) is 28.8 Å². The summed E-state index contributed by atoms with van der Waals surface area (Å²) in [4.78, 5) is 25.2. The zero-order chi connectivity index (χ0) is 13.3. The minimum absolute atomic E-state index is 0.187. The molecule has 1 fully saturated rings. The Morgan fingerprint density at radius 2 is 1.89 bits per heavy atom. The normalized spacial score (nSPS) is 19.2. The van der Waals surface area contributed by atoms with Gasteiger partial charge in [-0.05, 0) is 31.5 Å². The predicted octanol–water partition coefficient (Wildman–Crippen LogP) is 1.58. The molecule has 0 atom stereocenters. The van der Waals surface area contributed by atoms with Gasteiger partial charge in [-0.25, -0.2) is 0 Å². The van der Waals surface area contributed by atoms with Gasteiger partial charge in [0, 0.05) is 5.02 Å². The fraction of sp³-hybridized carbons (Fsp3) is 0.385. The van der Waals surface area contributed by atoms with Crippen molar-refractivity contribution in [2.45, 2.75) is 25.9 Å². The number of imide groups is 1. The molecule has 1 saturated heterocycles. The van der Waals surface area contributed by atoms with Gasteiger partial charge < -0.3 is 0 Å². The molecule has 0 bridgehead atoms. The lowest BCUT2D eigenvalue weighted by molar-refractivity contribution is -0.153. The number of nitrogens with zero attached hydrogens (tertiary/aromatic N) is 1. The van der Waals surface area contributed by atoms with Crippen LogP contribution in [0.25, 0.3) is 0 Å². The number of rotatable bonds is 2. The Labute approximate surface area is 111 Å². The van der Waals surface area contributed by atoms with Crippen molar-refractivity contribution in [1.29, 1.82) is 0 Å². The van der Waals surface area contributed by atoms with Crippen molar-refractivity contribution in [1.82, 2.24) is 10.2 Å². The molecule has 1 N–H and O–H groups in total. The van der Waals surface area contributed by atoms with Crippen molar-refractivity contribution < 1.29 is 9.59 Å². The second kappa shape index (κ2) is 4.71. The zero-order valence-corrected chi connectivity index (χ0v) is 11.1. The molecule has 0 aliphatic carbocycles. The summed E-state index contributed by atoms with van der Waals surface area (Å²) in [6.07, 6.45) is 0. The summed E-state index contributed by atoms with van der Waals surface area (Å²) in [5, 5.41) is 3.56. The zero-order valence-electron chi connectivity index (χ0n) is 10.4. The summed E-state index contributed by atoms with van der Waals surface area (Å²) in [5.74, 6) is -0.400. The lowest BCUT2D eigenvalue weighted by Crippen LogP contribution is -2.63. The molecule has 96 valence electrons. The van der Waals surface area contributed by atoms with Crippen molar-refractivity contribution in [3.63, 3.8) is 0 Å². The molecule has 1 aromatic carbocycles. The molecular formula is C13H15ClN2O2. The van der Waals surface area contributed by atoms with Crippen LogP contribution in [0.5, 0.6) is 0 Å². The van der Waals surface area contributed by atoms with Crippen LogP contribution in [0.4, 0.5) is 0 Å². The second-order valence-corrected chi connectivity index (χ2v) is 5.33. The quantitative estimate of drug-likeness (QED) is 0.827. The molecule has 4 nitrogen and oxygen atoms in total. The van der Waals surface area contributed by atoms with E-state index >= 15 is 0 Å². The Morgan fingerprint density at radius 1 is 1.28 bits per heavy atom. The van der Waals surface area contributed by atoms with Gasteiger partial charge in [-0.3, -0.25) is 19.8 Å². The highest BCUT2D eigenvalue weighted by Crippen LogP contribution is 2.17. The molecule has 0 aromatic heterocycles. The highest BCUT2D eigenvalue weighted by Gasteiger charge is 2.39. The number of halogens is 1.